The first-order valence-corrected chi connectivity index (χ1v) is 11.5. The highest BCUT2D eigenvalue weighted by atomic mass is 16.3. The highest BCUT2D eigenvalue weighted by Crippen LogP contribution is 2.53. The standard InChI is InChI=1S/C27H35NO3/c1-20(2)17-28-18-26(14-22-11-7-4-8-12-22)15-23(29)16-27(19-28,25(26)31)24(30)13-21-9-5-3-6-10-21/h3-12,20,24-25,30-31H,13-19H2,1-2H3. The number of nitrogens with zero attached hydrogens (tertiary/aromatic N) is 1. The lowest BCUT2D eigenvalue weighted by Gasteiger charge is -2.60. The molecule has 2 aromatic rings. The number of hydrogen-bond donors (Lipinski definition) is 2. The molecule has 1 aliphatic heterocycles. The minimum atomic E-state index is -0.840. The predicted molar refractivity (Wildman–Crippen MR) is 123 cm³/mol. The maximum Gasteiger partial charge on any atom is 0.134 e. The molecule has 2 aliphatic rings. The molecule has 31 heavy (non-hydrogen) atoms. The van der Waals surface area contributed by atoms with E-state index in [0.717, 1.165) is 17.7 Å². The van der Waals surface area contributed by atoms with Crippen molar-refractivity contribution in [1.29, 1.82) is 0 Å². The van der Waals surface area contributed by atoms with Crippen molar-refractivity contribution in [2.24, 2.45) is 16.7 Å². The fourth-order valence-electron chi connectivity index (χ4n) is 6.14. The van der Waals surface area contributed by atoms with Gasteiger partial charge in [-0.2, -0.15) is 0 Å². The molecule has 4 rings (SSSR count). The van der Waals surface area contributed by atoms with Crippen LogP contribution in [0.15, 0.2) is 60.7 Å². The van der Waals surface area contributed by atoms with Crippen LogP contribution in [0.2, 0.25) is 0 Å². The van der Waals surface area contributed by atoms with Gasteiger partial charge in [-0.1, -0.05) is 74.5 Å². The highest BCUT2D eigenvalue weighted by molar-refractivity contribution is 5.82. The van der Waals surface area contributed by atoms with E-state index < -0.39 is 23.0 Å². The lowest BCUT2D eigenvalue weighted by molar-refractivity contribution is -0.204. The number of Topliss-reactive ketones (excluding diaryl/α,β-unsaturated/α-hetero) is 1. The van der Waals surface area contributed by atoms with Crippen LogP contribution < -0.4 is 0 Å². The Labute approximate surface area is 185 Å². The molecular formula is C27H35NO3. The topological polar surface area (TPSA) is 60.8 Å². The Morgan fingerprint density at radius 2 is 1.58 bits per heavy atom. The summed E-state index contributed by atoms with van der Waals surface area (Å²) < 4.78 is 0. The zero-order chi connectivity index (χ0) is 22.1. The Morgan fingerprint density at radius 1 is 0.968 bits per heavy atom. The number of fused-ring (bicyclic) bond motifs is 2. The number of aliphatic hydroxyl groups excluding tert-OH is 2. The van der Waals surface area contributed by atoms with Gasteiger partial charge >= 0.3 is 0 Å². The molecule has 0 aromatic heterocycles. The van der Waals surface area contributed by atoms with Gasteiger partial charge in [0, 0.05) is 43.3 Å². The van der Waals surface area contributed by atoms with E-state index in [2.05, 4.69) is 30.9 Å². The van der Waals surface area contributed by atoms with E-state index in [0.29, 0.717) is 38.3 Å². The number of benzene rings is 2. The summed E-state index contributed by atoms with van der Waals surface area (Å²) in [6, 6.07) is 20.1. The van der Waals surface area contributed by atoms with Crippen molar-refractivity contribution in [3.8, 4) is 0 Å². The number of carbonyl (C=O) groups is 1. The average molecular weight is 422 g/mol. The Hall–Kier alpha value is -2.01. The number of carbonyl (C=O) groups excluding carboxylic acids is 1. The van der Waals surface area contributed by atoms with Crippen LogP contribution in [0, 0.1) is 16.7 Å². The Bertz CT molecular complexity index is 884. The van der Waals surface area contributed by atoms with Crippen LogP contribution in [-0.4, -0.2) is 52.7 Å². The fourth-order valence-corrected chi connectivity index (χ4v) is 6.14. The van der Waals surface area contributed by atoms with Crippen LogP contribution in [0.5, 0.6) is 0 Å². The molecule has 4 nitrogen and oxygen atoms in total. The van der Waals surface area contributed by atoms with Crippen LogP contribution in [0.4, 0.5) is 0 Å². The number of likely N-dealkylation sites (tertiary alicyclic amines) is 1. The van der Waals surface area contributed by atoms with Crippen LogP contribution in [0.1, 0.15) is 37.8 Å². The minimum Gasteiger partial charge on any atom is -0.392 e. The van der Waals surface area contributed by atoms with E-state index in [1.807, 2.05) is 48.5 Å². The predicted octanol–water partition coefficient (Wildman–Crippen LogP) is 3.50. The fraction of sp³-hybridized carbons (Fsp3) is 0.519. The van der Waals surface area contributed by atoms with Crippen LogP contribution in [-0.2, 0) is 17.6 Å². The molecule has 0 radical (unpaired) electrons. The summed E-state index contributed by atoms with van der Waals surface area (Å²) in [5.41, 5.74) is 0.757. The first-order valence-electron chi connectivity index (χ1n) is 11.5. The molecule has 2 N–H and O–H groups in total. The molecule has 166 valence electrons. The molecule has 1 saturated carbocycles. The number of hydrogen-bond acceptors (Lipinski definition) is 4. The van der Waals surface area contributed by atoms with E-state index >= 15 is 0 Å². The quantitative estimate of drug-likeness (QED) is 0.718. The van der Waals surface area contributed by atoms with Crippen molar-refractivity contribution >= 4 is 5.78 Å². The van der Waals surface area contributed by atoms with E-state index in [-0.39, 0.29) is 12.2 Å². The Morgan fingerprint density at radius 3 is 2.19 bits per heavy atom. The zero-order valence-electron chi connectivity index (χ0n) is 18.7. The van der Waals surface area contributed by atoms with Gasteiger partial charge in [-0.3, -0.25) is 4.79 Å². The van der Waals surface area contributed by atoms with Gasteiger partial charge in [0.25, 0.3) is 0 Å². The van der Waals surface area contributed by atoms with Gasteiger partial charge in [0.2, 0.25) is 0 Å². The van der Waals surface area contributed by atoms with Gasteiger partial charge in [-0.05, 0) is 29.9 Å². The zero-order valence-corrected chi connectivity index (χ0v) is 18.7. The number of ketones is 1. The molecule has 4 atom stereocenters. The molecule has 1 heterocycles. The van der Waals surface area contributed by atoms with Crippen molar-refractivity contribution in [3.05, 3.63) is 71.8 Å². The third-order valence-electron chi connectivity index (χ3n) is 7.21. The summed E-state index contributed by atoms with van der Waals surface area (Å²) in [5, 5.41) is 23.3. The second-order valence-electron chi connectivity index (χ2n) is 10.3. The van der Waals surface area contributed by atoms with Gasteiger partial charge < -0.3 is 15.1 Å². The SMILES string of the molecule is CC(C)CN1CC2(Cc3ccccc3)CC(=O)CC(C(O)Cc3ccccc3)(C1)C2O. The van der Waals surface area contributed by atoms with Crippen molar-refractivity contribution < 1.29 is 15.0 Å². The molecular weight excluding hydrogens is 386 g/mol. The van der Waals surface area contributed by atoms with Gasteiger partial charge in [0.1, 0.15) is 5.78 Å². The lowest BCUT2D eigenvalue weighted by Crippen LogP contribution is -2.70. The highest BCUT2D eigenvalue weighted by Gasteiger charge is 2.62. The first-order chi connectivity index (χ1) is 14.8. The summed E-state index contributed by atoms with van der Waals surface area (Å²) in [6.45, 7) is 6.54. The maximum atomic E-state index is 13.1. The second kappa shape index (κ2) is 8.85. The van der Waals surface area contributed by atoms with Gasteiger partial charge in [0.15, 0.2) is 0 Å². The molecule has 4 unspecified atom stereocenters. The summed E-state index contributed by atoms with van der Waals surface area (Å²) in [4.78, 5) is 15.5. The van der Waals surface area contributed by atoms with Crippen LogP contribution in [0.25, 0.3) is 0 Å². The maximum absolute atomic E-state index is 13.1. The van der Waals surface area contributed by atoms with Crippen molar-refractivity contribution in [2.45, 2.75) is 51.7 Å². The number of aliphatic hydroxyl groups is 2. The summed E-state index contributed by atoms with van der Waals surface area (Å²) >= 11 is 0. The summed E-state index contributed by atoms with van der Waals surface area (Å²) in [5.74, 6) is 0.640. The first kappa shape index (κ1) is 22.2. The molecule has 2 aromatic carbocycles. The number of piperidine rings is 1. The Kier molecular flexibility index (Phi) is 6.34. The third-order valence-corrected chi connectivity index (χ3v) is 7.21. The van der Waals surface area contributed by atoms with E-state index in [4.69, 9.17) is 0 Å². The van der Waals surface area contributed by atoms with Gasteiger partial charge in [-0.25, -0.2) is 0 Å². The average Bonchev–Trinajstić information content (AvgIpc) is 2.71. The second-order valence-corrected chi connectivity index (χ2v) is 10.3. The summed E-state index contributed by atoms with van der Waals surface area (Å²) in [7, 11) is 0. The van der Waals surface area contributed by atoms with E-state index in [1.165, 1.54) is 0 Å². The molecule has 2 fully saturated rings. The monoisotopic (exact) mass is 421 g/mol. The molecule has 1 saturated heterocycles. The molecule has 1 aliphatic carbocycles. The molecule has 4 heteroatoms. The Balaban J connectivity index is 1.71. The van der Waals surface area contributed by atoms with Crippen LogP contribution in [0.3, 0.4) is 0 Å². The van der Waals surface area contributed by atoms with Crippen LogP contribution >= 0.6 is 0 Å². The summed E-state index contributed by atoms with van der Waals surface area (Å²) in [6.07, 6.45) is 0.210. The molecule has 0 spiro atoms. The van der Waals surface area contributed by atoms with Crippen molar-refractivity contribution in [2.75, 3.05) is 19.6 Å². The van der Waals surface area contributed by atoms with E-state index in [1.54, 1.807) is 0 Å². The van der Waals surface area contributed by atoms with Crippen molar-refractivity contribution in [1.82, 2.24) is 4.90 Å². The normalized spacial score (nSPS) is 29.8. The van der Waals surface area contributed by atoms with E-state index in [9.17, 15) is 15.0 Å². The third kappa shape index (κ3) is 4.48. The molecule has 2 bridgehead atoms. The smallest absolute Gasteiger partial charge is 0.134 e. The van der Waals surface area contributed by atoms with Gasteiger partial charge in [-0.15, -0.1) is 0 Å². The number of rotatable bonds is 7. The molecule has 0 amide bonds. The van der Waals surface area contributed by atoms with Crippen molar-refractivity contribution in [3.63, 3.8) is 0 Å². The minimum absolute atomic E-state index is 0.164. The largest absolute Gasteiger partial charge is 0.392 e. The lowest BCUT2D eigenvalue weighted by atomic mass is 9.52. The van der Waals surface area contributed by atoms with Gasteiger partial charge in [0.05, 0.1) is 12.2 Å².